The number of aryl methyl sites for hydroxylation is 1. The lowest BCUT2D eigenvalue weighted by Gasteiger charge is -2.15. The van der Waals surface area contributed by atoms with Crippen LogP contribution in [0, 0.1) is 12.8 Å². The lowest BCUT2D eigenvalue weighted by atomic mass is 10.1. The largest absolute Gasteiger partial charge is 0.396 e. The molecule has 0 radical (unpaired) electrons. The van der Waals surface area contributed by atoms with Crippen molar-refractivity contribution in [3.8, 4) is 0 Å². The van der Waals surface area contributed by atoms with E-state index in [1.165, 1.54) is 0 Å². The van der Waals surface area contributed by atoms with Gasteiger partial charge in [-0.3, -0.25) is 9.69 Å². The number of nitrogens with zero attached hydrogens (tertiary/aromatic N) is 1. The molecule has 1 heterocycles. The number of amides is 1. The minimum atomic E-state index is 0.000289. The van der Waals surface area contributed by atoms with Crippen LogP contribution in [0.2, 0.25) is 0 Å². The summed E-state index contributed by atoms with van der Waals surface area (Å²) in [6, 6.07) is 5.76. The summed E-state index contributed by atoms with van der Waals surface area (Å²) in [5.41, 5.74) is 1.92. The van der Waals surface area contributed by atoms with Crippen molar-refractivity contribution in [3.05, 3.63) is 28.2 Å². The summed E-state index contributed by atoms with van der Waals surface area (Å²) in [4.78, 5) is 14.0. The Labute approximate surface area is 121 Å². The highest BCUT2D eigenvalue weighted by Gasteiger charge is 2.23. The third kappa shape index (κ3) is 4.03. The molecule has 1 fully saturated rings. The average Bonchev–Trinajstić information content (AvgIpc) is 2.81. The highest BCUT2D eigenvalue weighted by atomic mass is 79.9. The minimum absolute atomic E-state index is 0.000289. The molecule has 104 valence electrons. The maximum Gasteiger partial charge on any atom is 0.238 e. The topological polar surface area (TPSA) is 52.6 Å². The Morgan fingerprint density at radius 1 is 1.58 bits per heavy atom. The SMILES string of the molecule is Cc1cc(NC(=O)CN2CCC(CO)C2)ccc1Br. The molecule has 2 rings (SSSR count). The quantitative estimate of drug-likeness (QED) is 0.889. The second-order valence-corrected chi connectivity index (χ2v) is 5.94. The molecule has 0 bridgehead atoms. The molecule has 19 heavy (non-hydrogen) atoms. The lowest BCUT2D eigenvalue weighted by molar-refractivity contribution is -0.117. The first kappa shape index (κ1) is 14.5. The van der Waals surface area contributed by atoms with E-state index in [9.17, 15) is 4.79 Å². The molecule has 1 aromatic carbocycles. The van der Waals surface area contributed by atoms with E-state index in [2.05, 4.69) is 26.1 Å². The van der Waals surface area contributed by atoms with Crippen molar-refractivity contribution in [1.82, 2.24) is 4.90 Å². The molecule has 5 heteroatoms. The van der Waals surface area contributed by atoms with E-state index in [0.717, 1.165) is 35.2 Å². The fourth-order valence-corrected chi connectivity index (χ4v) is 2.58. The van der Waals surface area contributed by atoms with Crippen molar-refractivity contribution >= 4 is 27.5 Å². The number of rotatable bonds is 4. The molecular weight excluding hydrogens is 308 g/mol. The van der Waals surface area contributed by atoms with Crippen molar-refractivity contribution in [2.75, 3.05) is 31.6 Å². The highest BCUT2D eigenvalue weighted by molar-refractivity contribution is 9.10. The van der Waals surface area contributed by atoms with Crippen LogP contribution in [-0.4, -0.2) is 42.2 Å². The van der Waals surface area contributed by atoms with Crippen LogP contribution >= 0.6 is 15.9 Å². The molecule has 0 saturated carbocycles. The molecule has 0 aliphatic carbocycles. The van der Waals surface area contributed by atoms with Crippen LogP contribution < -0.4 is 5.32 Å². The van der Waals surface area contributed by atoms with Crippen LogP contribution in [-0.2, 0) is 4.79 Å². The molecule has 1 amide bonds. The molecule has 1 saturated heterocycles. The summed E-state index contributed by atoms with van der Waals surface area (Å²) < 4.78 is 1.04. The van der Waals surface area contributed by atoms with E-state index in [1.807, 2.05) is 25.1 Å². The molecule has 0 aromatic heterocycles. The van der Waals surface area contributed by atoms with Gasteiger partial charge >= 0.3 is 0 Å². The summed E-state index contributed by atoms with van der Waals surface area (Å²) >= 11 is 3.44. The fourth-order valence-electron chi connectivity index (χ4n) is 2.33. The zero-order valence-corrected chi connectivity index (χ0v) is 12.6. The summed E-state index contributed by atoms with van der Waals surface area (Å²) in [5.74, 6) is 0.322. The van der Waals surface area contributed by atoms with Gasteiger partial charge in [-0.2, -0.15) is 0 Å². The lowest BCUT2D eigenvalue weighted by Crippen LogP contribution is -2.31. The van der Waals surface area contributed by atoms with Gasteiger partial charge in [0.15, 0.2) is 0 Å². The van der Waals surface area contributed by atoms with Crippen LogP contribution in [0.1, 0.15) is 12.0 Å². The number of aliphatic hydroxyl groups excluding tert-OH is 1. The Morgan fingerprint density at radius 2 is 2.37 bits per heavy atom. The average molecular weight is 327 g/mol. The van der Waals surface area contributed by atoms with Crippen molar-refractivity contribution in [1.29, 1.82) is 0 Å². The molecule has 2 N–H and O–H groups in total. The molecule has 4 nitrogen and oxygen atoms in total. The van der Waals surface area contributed by atoms with Gasteiger partial charge in [0, 0.05) is 23.3 Å². The van der Waals surface area contributed by atoms with Gasteiger partial charge in [0.25, 0.3) is 0 Å². The Balaban J connectivity index is 1.86. The monoisotopic (exact) mass is 326 g/mol. The Morgan fingerprint density at radius 3 is 3.00 bits per heavy atom. The minimum Gasteiger partial charge on any atom is -0.396 e. The molecule has 1 unspecified atom stereocenters. The van der Waals surface area contributed by atoms with Gasteiger partial charge in [0.05, 0.1) is 6.54 Å². The zero-order chi connectivity index (χ0) is 13.8. The van der Waals surface area contributed by atoms with Crippen molar-refractivity contribution in [3.63, 3.8) is 0 Å². The molecule has 0 spiro atoms. The molecule has 1 aliphatic rings. The molecule has 1 aromatic rings. The summed E-state index contributed by atoms with van der Waals surface area (Å²) in [5, 5.41) is 12.0. The number of halogens is 1. The van der Waals surface area contributed by atoms with E-state index < -0.39 is 0 Å². The zero-order valence-electron chi connectivity index (χ0n) is 11.0. The molecular formula is C14H19BrN2O2. The van der Waals surface area contributed by atoms with Crippen LogP contribution in [0.25, 0.3) is 0 Å². The van der Waals surface area contributed by atoms with Gasteiger partial charge in [0.1, 0.15) is 0 Å². The number of nitrogens with one attached hydrogen (secondary N) is 1. The predicted octanol–water partition coefficient (Wildman–Crippen LogP) is 2.01. The van der Waals surface area contributed by atoms with E-state index in [0.29, 0.717) is 12.5 Å². The smallest absolute Gasteiger partial charge is 0.238 e. The van der Waals surface area contributed by atoms with Gasteiger partial charge in [0.2, 0.25) is 5.91 Å². The Bertz CT molecular complexity index is 465. The van der Waals surface area contributed by atoms with Crippen LogP contribution in [0.4, 0.5) is 5.69 Å². The van der Waals surface area contributed by atoms with E-state index in [4.69, 9.17) is 5.11 Å². The third-order valence-corrected chi connectivity index (χ3v) is 4.33. The number of carbonyl (C=O) groups is 1. The van der Waals surface area contributed by atoms with Gasteiger partial charge in [-0.05, 0) is 49.6 Å². The van der Waals surface area contributed by atoms with E-state index >= 15 is 0 Å². The maximum absolute atomic E-state index is 11.9. The summed E-state index contributed by atoms with van der Waals surface area (Å²) in [6.45, 7) is 4.29. The van der Waals surface area contributed by atoms with Gasteiger partial charge in [-0.15, -0.1) is 0 Å². The highest BCUT2D eigenvalue weighted by Crippen LogP contribution is 2.20. The molecule has 1 aliphatic heterocycles. The Kier molecular flexibility index (Phi) is 4.96. The first-order valence-corrected chi connectivity index (χ1v) is 7.27. The van der Waals surface area contributed by atoms with Gasteiger partial charge in [-0.25, -0.2) is 0 Å². The molecule has 1 atom stereocenters. The van der Waals surface area contributed by atoms with Gasteiger partial charge in [-0.1, -0.05) is 15.9 Å². The second kappa shape index (κ2) is 6.50. The number of hydrogen-bond donors (Lipinski definition) is 2. The second-order valence-electron chi connectivity index (χ2n) is 5.08. The third-order valence-electron chi connectivity index (χ3n) is 3.44. The number of anilines is 1. The summed E-state index contributed by atoms with van der Waals surface area (Å²) in [6.07, 6.45) is 0.973. The first-order chi connectivity index (χ1) is 9.08. The number of benzene rings is 1. The number of carbonyl (C=O) groups excluding carboxylic acids is 1. The maximum atomic E-state index is 11.9. The van der Waals surface area contributed by atoms with E-state index in [-0.39, 0.29) is 12.5 Å². The fraction of sp³-hybridized carbons (Fsp3) is 0.500. The van der Waals surface area contributed by atoms with Crippen molar-refractivity contribution in [2.24, 2.45) is 5.92 Å². The first-order valence-electron chi connectivity index (χ1n) is 6.47. The van der Waals surface area contributed by atoms with Crippen LogP contribution in [0.5, 0.6) is 0 Å². The van der Waals surface area contributed by atoms with E-state index in [1.54, 1.807) is 0 Å². The predicted molar refractivity (Wildman–Crippen MR) is 79.1 cm³/mol. The normalized spacial score (nSPS) is 19.6. The van der Waals surface area contributed by atoms with Crippen molar-refractivity contribution < 1.29 is 9.90 Å². The standard InChI is InChI=1S/C14H19BrN2O2/c1-10-6-12(2-3-13(10)15)16-14(19)8-17-5-4-11(7-17)9-18/h2-3,6,11,18H,4-5,7-9H2,1H3,(H,16,19). The van der Waals surface area contributed by atoms with Gasteiger partial charge < -0.3 is 10.4 Å². The van der Waals surface area contributed by atoms with Crippen LogP contribution in [0.15, 0.2) is 22.7 Å². The number of aliphatic hydroxyl groups is 1. The van der Waals surface area contributed by atoms with Crippen LogP contribution in [0.3, 0.4) is 0 Å². The number of hydrogen-bond acceptors (Lipinski definition) is 3. The Hall–Kier alpha value is -0.910. The number of likely N-dealkylation sites (tertiary alicyclic amines) is 1. The van der Waals surface area contributed by atoms with Crippen molar-refractivity contribution in [2.45, 2.75) is 13.3 Å². The summed E-state index contributed by atoms with van der Waals surface area (Å²) in [7, 11) is 0.